The third-order valence-electron chi connectivity index (χ3n) is 5.96. The summed E-state index contributed by atoms with van der Waals surface area (Å²) in [7, 11) is -4.27. The lowest BCUT2D eigenvalue weighted by molar-refractivity contribution is 0.0788. The van der Waals surface area contributed by atoms with Gasteiger partial charge in [-0.2, -0.15) is 13.5 Å². The van der Waals surface area contributed by atoms with Gasteiger partial charge in [0.15, 0.2) is 0 Å². The Morgan fingerprint density at radius 3 is 2.79 bits per heavy atom. The molecule has 202 valence electrons. The number of ketones is 1. The van der Waals surface area contributed by atoms with Crippen molar-refractivity contribution in [1.29, 1.82) is 0 Å². The number of amides is 1. The molecule has 0 radical (unpaired) electrons. The molecule has 0 unspecified atom stereocenters. The number of carboxylic acid groups (broad SMARTS) is 1. The first kappa shape index (κ1) is 27.6. The molecule has 0 bridgehead atoms. The van der Waals surface area contributed by atoms with Crippen molar-refractivity contribution in [3.63, 3.8) is 0 Å². The van der Waals surface area contributed by atoms with Crippen molar-refractivity contribution >= 4 is 43.9 Å². The molecular formula is C22H24BrN7O7S. The van der Waals surface area contributed by atoms with Crippen molar-refractivity contribution in [1.82, 2.24) is 25.1 Å². The maximum absolute atomic E-state index is 13.3. The SMILES string of the molecule is NS(=O)(=O)OC[C@H]1C[C@@H](Nc2ncncc2C(=O)c2ccn(Cc3cccc(Br)c3)n2)[C@H](NC(=O)O)[C@@H]1O. The zero-order valence-electron chi connectivity index (χ0n) is 19.6. The van der Waals surface area contributed by atoms with Gasteiger partial charge in [-0.25, -0.2) is 19.9 Å². The van der Waals surface area contributed by atoms with Gasteiger partial charge in [0.1, 0.15) is 17.8 Å². The maximum Gasteiger partial charge on any atom is 0.405 e. The lowest BCUT2D eigenvalue weighted by Crippen LogP contribution is -2.49. The van der Waals surface area contributed by atoms with E-state index in [0.717, 1.165) is 10.0 Å². The van der Waals surface area contributed by atoms with Crippen LogP contribution in [0.1, 0.15) is 28.0 Å². The van der Waals surface area contributed by atoms with Crippen LogP contribution in [0.15, 0.2) is 53.5 Å². The largest absolute Gasteiger partial charge is 0.465 e. The molecule has 38 heavy (non-hydrogen) atoms. The molecule has 3 aromatic rings. The quantitative estimate of drug-likeness (QED) is 0.202. The first-order chi connectivity index (χ1) is 18.0. The number of rotatable bonds is 10. The summed E-state index contributed by atoms with van der Waals surface area (Å²) in [6.45, 7) is -0.0193. The molecule has 1 aliphatic rings. The molecule has 0 spiro atoms. The molecule has 2 aromatic heterocycles. The van der Waals surface area contributed by atoms with Gasteiger partial charge in [0.05, 0.1) is 36.9 Å². The van der Waals surface area contributed by atoms with Gasteiger partial charge in [0.25, 0.3) is 0 Å². The Kier molecular flexibility index (Phi) is 8.37. The van der Waals surface area contributed by atoms with E-state index in [-0.39, 0.29) is 23.5 Å². The van der Waals surface area contributed by atoms with E-state index in [0.29, 0.717) is 6.54 Å². The van der Waals surface area contributed by atoms with E-state index >= 15 is 0 Å². The predicted octanol–water partition coefficient (Wildman–Crippen LogP) is 0.733. The lowest BCUT2D eigenvalue weighted by Gasteiger charge is -2.24. The van der Waals surface area contributed by atoms with E-state index in [1.165, 1.54) is 12.5 Å². The molecule has 1 saturated carbocycles. The summed E-state index contributed by atoms with van der Waals surface area (Å²) in [5.41, 5.74) is 1.20. The van der Waals surface area contributed by atoms with Gasteiger partial charge in [-0.3, -0.25) is 13.7 Å². The number of hydrogen-bond donors (Lipinski definition) is 5. The fraction of sp³-hybridized carbons (Fsp3) is 0.318. The summed E-state index contributed by atoms with van der Waals surface area (Å²) in [5.74, 6) is -1.16. The minimum atomic E-state index is -4.27. The Morgan fingerprint density at radius 1 is 1.29 bits per heavy atom. The van der Waals surface area contributed by atoms with Gasteiger partial charge in [0, 0.05) is 22.8 Å². The van der Waals surface area contributed by atoms with E-state index in [1.54, 1.807) is 16.9 Å². The number of nitrogens with two attached hydrogens (primary N) is 1. The summed E-state index contributed by atoms with van der Waals surface area (Å²) in [5, 5.41) is 34.3. The number of carbonyl (C=O) groups is 2. The van der Waals surface area contributed by atoms with E-state index < -0.39 is 52.9 Å². The number of nitrogens with zero attached hydrogens (tertiary/aromatic N) is 4. The van der Waals surface area contributed by atoms with Crippen LogP contribution in [0.2, 0.25) is 0 Å². The minimum absolute atomic E-state index is 0.0769. The van der Waals surface area contributed by atoms with E-state index in [2.05, 4.69) is 45.8 Å². The Bertz CT molecular complexity index is 1430. The van der Waals surface area contributed by atoms with Crippen LogP contribution >= 0.6 is 15.9 Å². The number of aliphatic hydroxyl groups is 1. The second kappa shape index (κ2) is 11.5. The van der Waals surface area contributed by atoms with Crippen LogP contribution in [0.25, 0.3) is 0 Å². The first-order valence-corrected chi connectivity index (χ1v) is 13.5. The summed E-state index contributed by atoms with van der Waals surface area (Å²) in [4.78, 5) is 32.7. The lowest BCUT2D eigenvalue weighted by atomic mass is 10.1. The number of carbonyl (C=O) groups excluding carboxylic acids is 1. The second-order valence-corrected chi connectivity index (χ2v) is 10.8. The van der Waals surface area contributed by atoms with Crippen molar-refractivity contribution in [2.75, 3.05) is 11.9 Å². The molecular weight excluding hydrogens is 586 g/mol. The van der Waals surface area contributed by atoms with Gasteiger partial charge in [-0.05, 0) is 30.2 Å². The number of hydrogen-bond acceptors (Lipinski definition) is 10. The zero-order valence-corrected chi connectivity index (χ0v) is 22.0. The second-order valence-electron chi connectivity index (χ2n) is 8.63. The Balaban J connectivity index is 1.53. The molecule has 6 N–H and O–H groups in total. The van der Waals surface area contributed by atoms with Gasteiger partial charge in [-0.15, -0.1) is 0 Å². The molecule has 1 fully saturated rings. The maximum atomic E-state index is 13.3. The number of anilines is 1. The highest BCUT2D eigenvalue weighted by molar-refractivity contribution is 9.10. The molecule has 4 atom stereocenters. The van der Waals surface area contributed by atoms with E-state index in [4.69, 9.17) is 5.14 Å². The van der Waals surface area contributed by atoms with Gasteiger partial charge in [-0.1, -0.05) is 28.1 Å². The molecule has 14 nitrogen and oxygen atoms in total. The average Bonchev–Trinajstić information content (AvgIpc) is 3.42. The van der Waals surface area contributed by atoms with Crippen LogP contribution in [-0.4, -0.2) is 75.1 Å². The highest BCUT2D eigenvalue weighted by Gasteiger charge is 2.44. The molecule has 0 saturated heterocycles. The Morgan fingerprint density at radius 2 is 2.08 bits per heavy atom. The Labute approximate surface area is 225 Å². The fourth-order valence-electron chi connectivity index (χ4n) is 4.29. The smallest absolute Gasteiger partial charge is 0.405 e. The molecule has 4 rings (SSSR count). The number of aliphatic hydroxyl groups excluding tert-OH is 1. The average molecular weight is 610 g/mol. The number of nitrogens with one attached hydrogen (secondary N) is 2. The number of aromatic nitrogens is 4. The van der Waals surface area contributed by atoms with Gasteiger partial charge >= 0.3 is 16.4 Å². The molecule has 0 aliphatic heterocycles. The summed E-state index contributed by atoms with van der Waals surface area (Å²) < 4.78 is 29.5. The van der Waals surface area contributed by atoms with Crippen LogP contribution < -0.4 is 15.8 Å². The van der Waals surface area contributed by atoms with Crippen molar-refractivity contribution in [3.8, 4) is 0 Å². The molecule has 1 aliphatic carbocycles. The zero-order chi connectivity index (χ0) is 27.4. The van der Waals surface area contributed by atoms with E-state index in [9.17, 15) is 28.2 Å². The highest BCUT2D eigenvalue weighted by atomic mass is 79.9. The number of benzene rings is 1. The highest BCUT2D eigenvalue weighted by Crippen LogP contribution is 2.30. The van der Waals surface area contributed by atoms with Crippen LogP contribution in [-0.2, 0) is 21.0 Å². The summed E-state index contributed by atoms with van der Waals surface area (Å²) in [6.07, 6.45) is 1.56. The third-order valence-corrected chi connectivity index (χ3v) is 6.92. The topological polar surface area (TPSA) is 212 Å². The normalized spacial score (nSPS) is 21.2. The molecule has 1 amide bonds. The summed E-state index contributed by atoms with van der Waals surface area (Å²) >= 11 is 3.42. The third kappa shape index (κ3) is 6.90. The molecule has 1 aromatic carbocycles. The van der Waals surface area contributed by atoms with Crippen LogP contribution in [0.5, 0.6) is 0 Å². The van der Waals surface area contributed by atoms with Crippen molar-refractivity contribution in [3.05, 3.63) is 70.3 Å². The monoisotopic (exact) mass is 609 g/mol. The van der Waals surface area contributed by atoms with Gasteiger partial charge in [0.2, 0.25) is 5.78 Å². The fourth-order valence-corrected chi connectivity index (χ4v) is 5.10. The number of halogens is 1. The molecule has 16 heteroatoms. The van der Waals surface area contributed by atoms with Gasteiger partial charge < -0.3 is 20.8 Å². The van der Waals surface area contributed by atoms with Crippen LogP contribution in [0, 0.1) is 5.92 Å². The molecule has 2 heterocycles. The standard InChI is InChI=1S/C22H24BrN7O7S/c23-14-3-1-2-12(6-14)9-30-5-4-16(29-30)20(32)15-8-25-11-26-21(15)27-17-7-13(10-37-38(24,35)36)19(31)18(17)28-22(33)34/h1-6,8,11,13,17-19,28,31H,7,9-10H2,(H,33,34)(H2,24,35,36)(H,25,26,27)/t13-,17-,18+,19-/m1/s1. The van der Waals surface area contributed by atoms with Crippen LogP contribution in [0.4, 0.5) is 10.6 Å². The summed E-state index contributed by atoms with van der Waals surface area (Å²) in [6, 6.07) is 7.39. The van der Waals surface area contributed by atoms with Crippen LogP contribution in [0.3, 0.4) is 0 Å². The van der Waals surface area contributed by atoms with E-state index in [1.807, 2.05) is 24.3 Å². The minimum Gasteiger partial charge on any atom is -0.465 e. The Hall–Kier alpha value is -3.44. The van der Waals surface area contributed by atoms with Crippen molar-refractivity contribution in [2.45, 2.75) is 31.2 Å². The van der Waals surface area contributed by atoms with Crippen molar-refractivity contribution in [2.24, 2.45) is 11.1 Å². The van der Waals surface area contributed by atoms with Crippen molar-refractivity contribution < 1.29 is 32.4 Å². The predicted molar refractivity (Wildman–Crippen MR) is 136 cm³/mol. The first-order valence-electron chi connectivity index (χ1n) is 11.2.